The molecule has 0 radical (unpaired) electrons. The Morgan fingerprint density at radius 2 is 1.71 bits per heavy atom. The number of rotatable bonds is 9. The molecule has 0 fully saturated rings. The standard InChI is InChI=1S/C21H22N4O3/c1-15(26)16-3-5-17(6-4-16)24-21-23-12-11-20(25-21)22-13-14-28-19-9-7-18(27-2)8-10-19/h3-12H,13-14H2,1-2H3,(H2,22,23,24,25). The van der Waals surface area contributed by atoms with Crippen LogP contribution >= 0.6 is 0 Å². The van der Waals surface area contributed by atoms with Gasteiger partial charge in [0.15, 0.2) is 5.78 Å². The topological polar surface area (TPSA) is 85.4 Å². The van der Waals surface area contributed by atoms with E-state index in [1.165, 1.54) is 0 Å². The average Bonchev–Trinajstić information content (AvgIpc) is 2.72. The van der Waals surface area contributed by atoms with E-state index in [-0.39, 0.29) is 5.78 Å². The zero-order valence-electron chi connectivity index (χ0n) is 15.8. The highest BCUT2D eigenvalue weighted by Crippen LogP contribution is 2.17. The van der Waals surface area contributed by atoms with Crippen molar-refractivity contribution >= 4 is 23.2 Å². The minimum absolute atomic E-state index is 0.0332. The molecule has 0 bridgehead atoms. The number of Topliss-reactive ketones (excluding diaryl/α,β-unsaturated/α-hetero) is 1. The molecule has 0 unspecified atom stereocenters. The molecule has 0 saturated heterocycles. The predicted molar refractivity (Wildman–Crippen MR) is 109 cm³/mol. The van der Waals surface area contributed by atoms with Gasteiger partial charge in [0.1, 0.15) is 23.9 Å². The van der Waals surface area contributed by atoms with Crippen LogP contribution < -0.4 is 20.1 Å². The number of ketones is 1. The molecule has 3 rings (SSSR count). The highest BCUT2D eigenvalue weighted by molar-refractivity contribution is 5.94. The van der Waals surface area contributed by atoms with Crippen LogP contribution in [0.4, 0.5) is 17.5 Å². The van der Waals surface area contributed by atoms with Gasteiger partial charge < -0.3 is 20.1 Å². The second-order valence-electron chi connectivity index (χ2n) is 5.97. The summed E-state index contributed by atoms with van der Waals surface area (Å²) in [4.78, 5) is 20.0. The molecular weight excluding hydrogens is 356 g/mol. The number of hydrogen-bond donors (Lipinski definition) is 2. The first-order chi connectivity index (χ1) is 13.6. The first-order valence-electron chi connectivity index (χ1n) is 8.86. The van der Waals surface area contributed by atoms with Gasteiger partial charge in [-0.2, -0.15) is 4.98 Å². The van der Waals surface area contributed by atoms with E-state index in [2.05, 4.69) is 20.6 Å². The molecule has 3 aromatic rings. The Kier molecular flexibility index (Phi) is 6.41. The first kappa shape index (κ1) is 19.2. The summed E-state index contributed by atoms with van der Waals surface area (Å²) in [5.41, 5.74) is 1.48. The van der Waals surface area contributed by atoms with Gasteiger partial charge in [-0.1, -0.05) is 0 Å². The fourth-order valence-corrected chi connectivity index (χ4v) is 2.45. The number of carbonyl (C=O) groups excluding carboxylic acids is 1. The van der Waals surface area contributed by atoms with E-state index in [9.17, 15) is 4.79 Å². The molecule has 1 heterocycles. The van der Waals surface area contributed by atoms with Gasteiger partial charge in [-0.3, -0.25) is 4.79 Å². The lowest BCUT2D eigenvalue weighted by molar-refractivity contribution is 0.101. The van der Waals surface area contributed by atoms with E-state index in [1.54, 1.807) is 38.4 Å². The quantitative estimate of drug-likeness (QED) is 0.431. The summed E-state index contributed by atoms with van der Waals surface area (Å²) in [7, 11) is 1.63. The number of benzene rings is 2. The van der Waals surface area contributed by atoms with E-state index in [0.717, 1.165) is 17.2 Å². The number of aromatic nitrogens is 2. The van der Waals surface area contributed by atoms with Crippen LogP contribution in [0.2, 0.25) is 0 Å². The van der Waals surface area contributed by atoms with Crippen LogP contribution in [0.5, 0.6) is 11.5 Å². The van der Waals surface area contributed by atoms with Gasteiger partial charge in [-0.05, 0) is 61.5 Å². The summed E-state index contributed by atoms with van der Waals surface area (Å²) >= 11 is 0. The highest BCUT2D eigenvalue weighted by atomic mass is 16.5. The van der Waals surface area contributed by atoms with Crippen molar-refractivity contribution in [3.8, 4) is 11.5 Å². The second-order valence-corrected chi connectivity index (χ2v) is 5.97. The molecule has 144 valence electrons. The van der Waals surface area contributed by atoms with Crippen LogP contribution in [0.25, 0.3) is 0 Å². The van der Waals surface area contributed by atoms with E-state index >= 15 is 0 Å². The summed E-state index contributed by atoms with van der Waals surface area (Å²) in [6, 6.07) is 16.4. The van der Waals surface area contributed by atoms with Crippen LogP contribution in [-0.4, -0.2) is 36.0 Å². The highest BCUT2D eigenvalue weighted by Gasteiger charge is 2.03. The smallest absolute Gasteiger partial charge is 0.229 e. The van der Waals surface area contributed by atoms with Gasteiger partial charge >= 0.3 is 0 Å². The number of methoxy groups -OCH3 is 1. The average molecular weight is 378 g/mol. The van der Waals surface area contributed by atoms with Gasteiger partial charge in [-0.25, -0.2) is 4.98 Å². The molecule has 0 amide bonds. The number of nitrogens with zero attached hydrogens (tertiary/aromatic N) is 2. The van der Waals surface area contributed by atoms with Crippen molar-refractivity contribution in [3.05, 3.63) is 66.4 Å². The zero-order chi connectivity index (χ0) is 19.8. The van der Waals surface area contributed by atoms with Crippen molar-refractivity contribution in [1.29, 1.82) is 0 Å². The maximum absolute atomic E-state index is 11.3. The largest absolute Gasteiger partial charge is 0.497 e. The van der Waals surface area contributed by atoms with Crippen molar-refractivity contribution in [2.45, 2.75) is 6.92 Å². The molecule has 0 aliphatic carbocycles. The van der Waals surface area contributed by atoms with Crippen molar-refractivity contribution < 1.29 is 14.3 Å². The molecule has 2 aromatic carbocycles. The maximum Gasteiger partial charge on any atom is 0.229 e. The minimum Gasteiger partial charge on any atom is -0.497 e. The third kappa shape index (κ3) is 5.44. The van der Waals surface area contributed by atoms with Gasteiger partial charge in [0.05, 0.1) is 13.7 Å². The molecule has 0 saturated carbocycles. The predicted octanol–water partition coefficient (Wildman–Crippen LogP) is 3.92. The van der Waals surface area contributed by atoms with Crippen molar-refractivity contribution in [3.63, 3.8) is 0 Å². The summed E-state index contributed by atoms with van der Waals surface area (Å²) in [5, 5.41) is 6.32. The summed E-state index contributed by atoms with van der Waals surface area (Å²) in [6.45, 7) is 2.63. The summed E-state index contributed by atoms with van der Waals surface area (Å²) in [5.74, 6) is 2.77. The number of ether oxygens (including phenoxy) is 2. The molecule has 7 heteroatoms. The van der Waals surface area contributed by atoms with E-state index in [1.807, 2.05) is 36.4 Å². The van der Waals surface area contributed by atoms with Crippen molar-refractivity contribution in [2.75, 3.05) is 30.9 Å². The second kappa shape index (κ2) is 9.36. The summed E-state index contributed by atoms with van der Waals surface area (Å²) in [6.07, 6.45) is 1.67. The molecule has 2 N–H and O–H groups in total. The lowest BCUT2D eigenvalue weighted by Crippen LogP contribution is -2.13. The number of hydrogen-bond acceptors (Lipinski definition) is 7. The molecular formula is C21H22N4O3. The van der Waals surface area contributed by atoms with Crippen molar-refractivity contribution in [1.82, 2.24) is 9.97 Å². The number of carbonyl (C=O) groups is 1. The Bertz CT molecular complexity index is 912. The van der Waals surface area contributed by atoms with Crippen LogP contribution in [0.3, 0.4) is 0 Å². The lowest BCUT2D eigenvalue weighted by atomic mass is 10.1. The fourth-order valence-electron chi connectivity index (χ4n) is 2.45. The Morgan fingerprint density at radius 3 is 2.39 bits per heavy atom. The van der Waals surface area contributed by atoms with Crippen LogP contribution in [0, 0.1) is 0 Å². The van der Waals surface area contributed by atoms with Gasteiger partial charge in [-0.15, -0.1) is 0 Å². The van der Waals surface area contributed by atoms with Gasteiger partial charge in [0, 0.05) is 17.4 Å². The van der Waals surface area contributed by atoms with E-state index in [0.29, 0.717) is 30.5 Å². The van der Waals surface area contributed by atoms with Crippen molar-refractivity contribution in [2.24, 2.45) is 0 Å². The van der Waals surface area contributed by atoms with Crippen LogP contribution in [0.15, 0.2) is 60.8 Å². The monoisotopic (exact) mass is 378 g/mol. The summed E-state index contributed by atoms with van der Waals surface area (Å²) < 4.78 is 10.8. The molecule has 0 aliphatic rings. The molecule has 28 heavy (non-hydrogen) atoms. The Morgan fingerprint density at radius 1 is 1.00 bits per heavy atom. The molecule has 1 aromatic heterocycles. The molecule has 0 spiro atoms. The minimum atomic E-state index is 0.0332. The zero-order valence-corrected chi connectivity index (χ0v) is 15.8. The van der Waals surface area contributed by atoms with Gasteiger partial charge in [0.25, 0.3) is 0 Å². The molecule has 0 atom stereocenters. The fraction of sp³-hybridized carbons (Fsp3) is 0.190. The van der Waals surface area contributed by atoms with E-state index in [4.69, 9.17) is 9.47 Å². The maximum atomic E-state index is 11.3. The lowest BCUT2D eigenvalue weighted by Gasteiger charge is -2.10. The molecule has 7 nitrogen and oxygen atoms in total. The van der Waals surface area contributed by atoms with Crippen LogP contribution in [-0.2, 0) is 0 Å². The van der Waals surface area contributed by atoms with Crippen LogP contribution in [0.1, 0.15) is 17.3 Å². The number of nitrogens with one attached hydrogen (secondary N) is 2. The Hall–Kier alpha value is -3.61. The Balaban J connectivity index is 1.49. The normalized spacial score (nSPS) is 10.2. The third-order valence-electron chi connectivity index (χ3n) is 3.94. The Labute approximate surface area is 163 Å². The van der Waals surface area contributed by atoms with E-state index < -0.39 is 0 Å². The number of anilines is 3. The first-order valence-corrected chi connectivity index (χ1v) is 8.86. The SMILES string of the molecule is COc1ccc(OCCNc2ccnc(Nc3ccc(C(C)=O)cc3)n2)cc1. The molecule has 0 aliphatic heterocycles. The van der Waals surface area contributed by atoms with Gasteiger partial charge in [0.2, 0.25) is 5.95 Å². The third-order valence-corrected chi connectivity index (χ3v) is 3.94.